The zero-order chi connectivity index (χ0) is 14.6. The number of hydrogen-bond donors (Lipinski definition) is 1. The maximum atomic E-state index is 11.8. The fourth-order valence-corrected chi connectivity index (χ4v) is 1.15. The SMILES string of the molecule is CC[C@@H](NC(=O)OC(C)(C)C)C(=O)OC(C)(C)C. The van der Waals surface area contributed by atoms with E-state index in [0.29, 0.717) is 6.42 Å². The van der Waals surface area contributed by atoms with Gasteiger partial charge in [0.1, 0.15) is 17.2 Å². The molecular weight excluding hydrogens is 234 g/mol. The largest absolute Gasteiger partial charge is 0.458 e. The fourth-order valence-electron chi connectivity index (χ4n) is 1.15. The molecule has 18 heavy (non-hydrogen) atoms. The Kier molecular flexibility index (Phi) is 5.64. The first-order valence-electron chi connectivity index (χ1n) is 6.17. The van der Waals surface area contributed by atoms with E-state index in [9.17, 15) is 9.59 Å². The second kappa shape index (κ2) is 6.07. The van der Waals surface area contributed by atoms with E-state index in [0.717, 1.165) is 0 Å². The van der Waals surface area contributed by atoms with Gasteiger partial charge in [-0.25, -0.2) is 9.59 Å². The molecule has 0 bridgehead atoms. The summed E-state index contributed by atoms with van der Waals surface area (Å²) in [7, 11) is 0. The van der Waals surface area contributed by atoms with Crippen molar-refractivity contribution in [2.24, 2.45) is 0 Å². The smallest absolute Gasteiger partial charge is 0.408 e. The summed E-state index contributed by atoms with van der Waals surface area (Å²) in [6.07, 6.45) is -0.158. The summed E-state index contributed by atoms with van der Waals surface area (Å²) in [6, 6.07) is -0.681. The Balaban J connectivity index is 4.44. The first-order chi connectivity index (χ1) is 7.94. The average molecular weight is 259 g/mol. The highest BCUT2D eigenvalue weighted by molar-refractivity contribution is 5.81. The molecule has 0 saturated heterocycles. The third kappa shape index (κ3) is 7.92. The van der Waals surface area contributed by atoms with Gasteiger partial charge in [0, 0.05) is 0 Å². The highest BCUT2D eigenvalue weighted by Gasteiger charge is 2.27. The molecule has 0 radical (unpaired) electrons. The maximum absolute atomic E-state index is 11.8. The van der Waals surface area contributed by atoms with Crippen LogP contribution < -0.4 is 5.32 Å². The zero-order valence-corrected chi connectivity index (χ0v) is 12.4. The van der Waals surface area contributed by atoms with Crippen LogP contribution in [-0.4, -0.2) is 29.3 Å². The molecule has 0 aromatic heterocycles. The van der Waals surface area contributed by atoms with Crippen molar-refractivity contribution in [1.82, 2.24) is 5.32 Å². The molecule has 0 saturated carbocycles. The normalized spacial score (nSPS) is 13.7. The minimum absolute atomic E-state index is 0.448. The summed E-state index contributed by atoms with van der Waals surface area (Å²) in [5.74, 6) is -0.448. The molecular formula is C13H25NO4. The van der Waals surface area contributed by atoms with E-state index in [2.05, 4.69) is 5.32 Å². The Labute approximate surface area is 109 Å². The van der Waals surface area contributed by atoms with Gasteiger partial charge in [-0.1, -0.05) is 6.92 Å². The Morgan fingerprint density at radius 2 is 1.44 bits per heavy atom. The number of amides is 1. The number of carbonyl (C=O) groups excluding carboxylic acids is 2. The molecule has 0 unspecified atom stereocenters. The molecule has 0 aromatic carbocycles. The van der Waals surface area contributed by atoms with E-state index >= 15 is 0 Å². The monoisotopic (exact) mass is 259 g/mol. The van der Waals surface area contributed by atoms with E-state index < -0.39 is 29.3 Å². The lowest BCUT2D eigenvalue weighted by Crippen LogP contribution is -2.45. The summed E-state index contributed by atoms with van der Waals surface area (Å²) >= 11 is 0. The highest BCUT2D eigenvalue weighted by Crippen LogP contribution is 2.11. The summed E-state index contributed by atoms with van der Waals surface area (Å²) in [6.45, 7) is 12.4. The topological polar surface area (TPSA) is 64.6 Å². The van der Waals surface area contributed by atoms with Crippen molar-refractivity contribution >= 4 is 12.1 Å². The van der Waals surface area contributed by atoms with Crippen LogP contribution >= 0.6 is 0 Å². The molecule has 5 nitrogen and oxygen atoms in total. The molecule has 0 aliphatic heterocycles. The first kappa shape index (κ1) is 16.7. The summed E-state index contributed by atoms with van der Waals surface area (Å²) in [5, 5.41) is 2.51. The van der Waals surface area contributed by atoms with E-state index in [4.69, 9.17) is 9.47 Å². The molecule has 0 aromatic rings. The van der Waals surface area contributed by atoms with Crippen molar-refractivity contribution in [2.75, 3.05) is 0 Å². The molecule has 0 fully saturated rings. The number of hydrogen-bond acceptors (Lipinski definition) is 4. The lowest BCUT2D eigenvalue weighted by atomic mass is 10.1. The van der Waals surface area contributed by atoms with Gasteiger partial charge in [0.05, 0.1) is 0 Å². The highest BCUT2D eigenvalue weighted by atomic mass is 16.6. The zero-order valence-electron chi connectivity index (χ0n) is 12.4. The van der Waals surface area contributed by atoms with Gasteiger partial charge in [0.15, 0.2) is 0 Å². The standard InChI is InChI=1S/C13H25NO4/c1-8-9(10(15)17-12(2,3)4)14-11(16)18-13(5,6)7/h9H,8H2,1-7H3,(H,14,16)/t9-/m1/s1. The van der Waals surface area contributed by atoms with Gasteiger partial charge in [0.25, 0.3) is 0 Å². The van der Waals surface area contributed by atoms with E-state index in [1.165, 1.54) is 0 Å². The third-order valence-electron chi connectivity index (χ3n) is 1.79. The summed E-state index contributed by atoms with van der Waals surface area (Å²) in [5.41, 5.74) is -1.16. The Morgan fingerprint density at radius 3 is 1.78 bits per heavy atom. The van der Waals surface area contributed by atoms with Crippen LogP contribution in [-0.2, 0) is 14.3 Å². The minimum atomic E-state index is -0.681. The van der Waals surface area contributed by atoms with Gasteiger partial charge < -0.3 is 14.8 Å². The van der Waals surface area contributed by atoms with Crippen LogP contribution in [0.3, 0.4) is 0 Å². The van der Waals surface area contributed by atoms with Gasteiger partial charge in [0.2, 0.25) is 0 Å². The lowest BCUT2D eigenvalue weighted by Gasteiger charge is -2.25. The predicted molar refractivity (Wildman–Crippen MR) is 69.3 cm³/mol. The molecule has 0 aliphatic carbocycles. The molecule has 1 N–H and O–H groups in total. The number of carbonyl (C=O) groups is 2. The Morgan fingerprint density at radius 1 is 1.00 bits per heavy atom. The van der Waals surface area contributed by atoms with Crippen LogP contribution in [0.1, 0.15) is 54.9 Å². The second-order valence-corrected chi connectivity index (χ2v) is 6.14. The van der Waals surface area contributed by atoms with Crippen molar-refractivity contribution in [3.63, 3.8) is 0 Å². The average Bonchev–Trinajstić information content (AvgIpc) is 2.07. The molecule has 0 rings (SSSR count). The van der Waals surface area contributed by atoms with Crippen molar-refractivity contribution in [3.8, 4) is 0 Å². The molecule has 5 heteroatoms. The minimum Gasteiger partial charge on any atom is -0.458 e. The first-order valence-corrected chi connectivity index (χ1v) is 6.17. The van der Waals surface area contributed by atoms with E-state index in [-0.39, 0.29) is 0 Å². The van der Waals surface area contributed by atoms with Crippen LogP contribution in [0.15, 0.2) is 0 Å². The molecule has 0 heterocycles. The molecule has 106 valence electrons. The Bertz CT molecular complexity index is 299. The number of alkyl carbamates (subject to hydrolysis) is 1. The molecule has 0 aliphatic rings. The van der Waals surface area contributed by atoms with Gasteiger partial charge in [-0.05, 0) is 48.0 Å². The van der Waals surface area contributed by atoms with Crippen LogP contribution in [0.25, 0.3) is 0 Å². The predicted octanol–water partition coefficient (Wildman–Crippen LogP) is 2.63. The number of ether oxygens (including phenoxy) is 2. The van der Waals surface area contributed by atoms with Crippen LogP contribution in [0.4, 0.5) is 4.79 Å². The van der Waals surface area contributed by atoms with E-state index in [1.54, 1.807) is 48.5 Å². The van der Waals surface area contributed by atoms with Crippen molar-refractivity contribution in [3.05, 3.63) is 0 Å². The summed E-state index contributed by atoms with van der Waals surface area (Å²) < 4.78 is 10.3. The third-order valence-corrected chi connectivity index (χ3v) is 1.79. The second-order valence-electron chi connectivity index (χ2n) is 6.14. The van der Waals surface area contributed by atoms with Gasteiger partial charge >= 0.3 is 12.1 Å². The van der Waals surface area contributed by atoms with Crippen molar-refractivity contribution in [1.29, 1.82) is 0 Å². The van der Waals surface area contributed by atoms with Crippen molar-refractivity contribution in [2.45, 2.75) is 72.1 Å². The number of rotatable bonds is 3. The summed E-state index contributed by atoms with van der Waals surface area (Å²) in [4.78, 5) is 23.4. The van der Waals surface area contributed by atoms with Gasteiger partial charge in [-0.2, -0.15) is 0 Å². The fraction of sp³-hybridized carbons (Fsp3) is 0.846. The van der Waals surface area contributed by atoms with Crippen molar-refractivity contribution < 1.29 is 19.1 Å². The van der Waals surface area contributed by atoms with E-state index in [1.807, 2.05) is 0 Å². The molecule has 1 amide bonds. The van der Waals surface area contributed by atoms with Gasteiger partial charge in [-0.3, -0.25) is 0 Å². The number of esters is 1. The van der Waals surface area contributed by atoms with Gasteiger partial charge in [-0.15, -0.1) is 0 Å². The van der Waals surface area contributed by atoms with Crippen LogP contribution in [0.5, 0.6) is 0 Å². The molecule has 1 atom stereocenters. The quantitative estimate of drug-likeness (QED) is 0.791. The maximum Gasteiger partial charge on any atom is 0.408 e. The number of nitrogens with one attached hydrogen (secondary N) is 1. The van der Waals surface area contributed by atoms with Crippen LogP contribution in [0, 0.1) is 0 Å². The van der Waals surface area contributed by atoms with Crippen LogP contribution in [0.2, 0.25) is 0 Å². The lowest BCUT2D eigenvalue weighted by molar-refractivity contribution is -0.157. The Hall–Kier alpha value is -1.26. The molecule has 0 spiro atoms.